The molecule has 24 heavy (non-hydrogen) atoms. The molecular formula is C20H28NO2S+. The summed E-state index contributed by atoms with van der Waals surface area (Å²) in [4.78, 5) is 27.2. The van der Waals surface area contributed by atoms with Gasteiger partial charge in [-0.15, -0.1) is 0 Å². The summed E-state index contributed by atoms with van der Waals surface area (Å²) in [7, 11) is 0.0711. The molecule has 1 aromatic carbocycles. The fraction of sp³-hybridized carbons (Fsp3) is 0.600. The smallest absolute Gasteiger partial charge is 0.234 e. The normalized spacial score (nSPS) is 27.8. The first-order chi connectivity index (χ1) is 11.3. The van der Waals surface area contributed by atoms with E-state index >= 15 is 0 Å². The molecule has 0 spiro atoms. The lowest BCUT2D eigenvalue weighted by molar-refractivity contribution is -0.143. The van der Waals surface area contributed by atoms with Gasteiger partial charge in [0.15, 0.2) is 4.90 Å². The molecule has 0 saturated carbocycles. The van der Waals surface area contributed by atoms with Crippen molar-refractivity contribution in [3.63, 3.8) is 0 Å². The van der Waals surface area contributed by atoms with Gasteiger partial charge in [-0.2, -0.15) is 0 Å². The summed E-state index contributed by atoms with van der Waals surface area (Å²) in [6.07, 6.45) is 3.94. The Morgan fingerprint density at radius 1 is 1.12 bits per heavy atom. The molecule has 2 saturated heterocycles. The number of carbonyl (C=O) groups is 2. The first-order valence-corrected chi connectivity index (χ1v) is 10.3. The lowest BCUT2D eigenvalue weighted by atomic mass is 9.87. The van der Waals surface area contributed by atoms with Crippen molar-refractivity contribution in [1.82, 2.24) is 4.90 Å². The van der Waals surface area contributed by atoms with E-state index in [1.165, 1.54) is 28.7 Å². The van der Waals surface area contributed by atoms with Crippen LogP contribution in [-0.2, 0) is 25.9 Å². The molecule has 2 fully saturated rings. The molecule has 3 unspecified atom stereocenters. The number of fused-ring (bicyclic) bond motifs is 2. The van der Waals surface area contributed by atoms with E-state index in [2.05, 4.69) is 45.0 Å². The van der Waals surface area contributed by atoms with Crippen LogP contribution in [0, 0.1) is 0 Å². The zero-order valence-electron chi connectivity index (χ0n) is 15.2. The monoisotopic (exact) mass is 346 g/mol. The molecule has 2 aliphatic rings. The molecule has 3 atom stereocenters. The Bertz CT molecular complexity index is 632. The third kappa shape index (κ3) is 3.39. The molecule has 3 rings (SSSR count). The Labute approximate surface area is 148 Å². The van der Waals surface area contributed by atoms with Crippen LogP contribution in [0.1, 0.15) is 58.9 Å². The highest BCUT2D eigenvalue weighted by Crippen LogP contribution is 2.39. The number of hydrogen-bond donors (Lipinski definition) is 0. The maximum Gasteiger partial charge on any atom is 0.234 e. The van der Waals surface area contributed by atoms with Crippen molar-refractivity contribution in [3.05, 3.63) is 29.8 Å². The van der Waals surface area contributed by atoms with Gasteiger partial charge in [0.2, 0.25) is 11.8 Å². The van der Waals surface area contributed by atoms with Crippen molar-refractivity contribution < 1.29 is 9.59 Å². The average Bonchev–Trinajstić information content (AvgIpc) is 2.58. The highest BCUT2D eigenvalue weighted by atomic mass is 32.2. The summed E-state index contributed by atoms with van der Waals surface area (Å²) in [6, 6.07) is 9.02. The number of benzene rings is 1. The molecule has 1 aromatic rings. The molecule has 3 nitrogen and oxygen atoms in total. The average molecular weight is 347 g/mol. The highest BCUT2D eigenvalue weighted by Gasteiger charge is 2.49. The van der Waals surface area contributed by atoms with Crippen LogP contribution < -0.4 is 0 Å². The Morgan fingerprint density at radius 3 is 2.33 bits per heavy atom. The fourth-order valence-electron chi connectivity index (χ4n) is 3.87. The van der Waals surface area contributed by atoms with E-state index in [0.717, 1.165) is 12.8 Å². The minimum Gasteiger partial charge on any atom is -0.278 e. The Kier molecular flexibility index (Phi) is 4.78. The van der Waals surface area contributed by atoms with Gasteiger partial charge in [-0.1, -0.05) is 32.9 Å². The van der Waals surface area contributed by atoms with E-state index in [1.54, 1.807) is 0 Å². The van der Waals surface area contributed by atoms with Crippen LogP contribution in [0.25, 0.3) is 0 Å². The van der Waals surface area contributed by atoms with Crippen molar-refractivity contribution in [2.45, 2.75) is 74.2 Å². The Morgan fingerprint density at radius 2 is 1.75 bits per heavy atom. The first-order valence-electron chi connectivity index (χ1n) is 8.91. The summed E-state index contributed by atoms with van der Waals surface area (Å²) >= 11 is 0. The Balaban J connectivity index is 1.92. The van der Waals surface area contributed by atoms with Crippen molar-refractivity contribution in [2.24, 2.45) is 0 Å². The minimum atomic E-state index is -0.0980. The molecule has 4 heteroatoms. The van der Waals surface area contributed by atoms with Crippen molar-refractivity contribution in [3.8, 4) is 0 Å². The molecule has 130 valence electrons. The standard InChI is InChI=1S/C20H28NO2S/c1-14(22)21-13-18-7-5-6-17(12-19(21)23)24(18)16-10-8-15(9-11-16)20(2,3)4/h8-11,17-18H,5-7,12-13H2,1-4H3/q+1. The number of nitrogens with zero attached hydrogens (tertiary/aromatic N) is 1. The lowest BCUT2D eigenvalue weighted by Crippen LogP contribution is -2.41. The predicted molar refractivity (Wildman–Crippen MR) is 99.2 cm³/mol. The summed E-state index contributed by atoms with van der Waals surface area (Å²) in [5.41, 5.74) is 1.50. The van der Waals surface area contributed by atoms with Crippen LogP contribution in [0.15, 0.2) is 29.2 Å². The molecule has 2 amide bonds. The van der Waals surface area contributed by atoms with E-state index in [9.17, 15) is 9.59 Å². The van der Waals surface area contributed by atoms with Gasteiger partial charge in [-0.05, 0) is 42.4 Å². The van der Waals surface area contributed by atoms with Gasteiger partial charge in [0, 0.05) is 17.8 Å². The minimum absolute atomic E-state index is 0.0284. The fourth-order valence-corrected chi connectivity index (χ4v) is 7.11. The summed E-state index contributed by atoms with van der Waals surface area (Å²) in [5.74, 6) is -0.0695. The van der Waals surface area contributed by atoms with Crippen LogP contribution in [0.4, 0.5) is 0 Å². The summed E-state index contributed by atoms with van der Waals surface area (Å²) in [5, 5.41) is 0.834. The van der Waals surface area contributed by atoms with E-state index in [4.69, 9.17) is 0 Å². The first kappa shape index (κ1) is 17.5. The maximum atomic E-state index is 12.5. The zero-order valence-corrected chi connectivity index (χ0v) is 16.0. The van der Waals surface area contributed by atoms with Crippen LogP contribution in [0.5, 0.6) is 0 Å². The molecule has 0 radical (unpaired) electrons. The van der Waals surface area contributed by atoms with E-state index in [1.807, 2.05) is 0 Å². The highest BCUT2D eigenvalue weighted by molar-refractivity contribution is 7.98. The van der Waals surface area contributed by atoms with Gasteiger partial charge in [-0.3, -0.25) is 14.5 Å². The molecule has 2 bridgehead atoms. The maximum absolute atomic E-state index is 12.5. The zero-order chi connectivity index (χ0) is 17.5. The number of amides is 2. The van der Waals surface area contributed by atoms with Crippen LogP contribution in [0.2, 0.25) is 0 Å². The number of carbonyl (C=O) groups excluding carboxylic acids is 2. The second kappa shape index (κ2) is 6.55. The van der Waals surface area contributed by atoms with Gasteiger partial charge in [-0.25, -0.2) is 0 Å². The topological polar surface area (TPSA) is 37.4 Å². The second-order valence-corrected chi connectivity index (χ2v) is 10.6. The molecule has 0 aliphatic carbocycles. The van der Waals surface area contributed by atoms with Gasteiger partial charge in [0.05, 0.1) is 13.0 Å². The Hall–Kier alpha value is -1.29. The quantitative estimate of drug-likeness (QED) is 0.728. The van der Waals surface area contributed by atoms with Gasteiger partial charge >= 0.3 is 0 Å². The largest absolute Gasteiger partial charge is 0.278 e. The van der Waals surface area contributed by atoms with Gasteiger partial charge < -0.3 is 0 Å². The SMILES string of the molecule is CC(=O)N1CC2CCCC(CC1=O)[S+]2c1ccc(C(C)(C)C)cc1. The molecule has 0 N–H and O–H groups in total. The third-order valence-corrected chi connectivity index (χ3v) is 8.27. The molecule has 0 aromatic heterocycles. The van der Waals surface area contributed by atoms with Gasteiger partial charge in [0.25, 0.3) is 0 Å². The van der Waals surface area contributed by atoms with Crippen molar-refractivity contribution in [2.75, 3.05) is 6.54 Å². The van der Waals surface area contributed by atoms with Crippen LogP contribution in [0.3, 0.4) is 0 Å². The van der Waals surface area contributed by atoms with E-state index in [-0.39, 0.29) is 28.1 Å². The van der Waals surface area contributed by atoms with E-state index < -0.39 is 0 Å². The number of imide groups is 1. The number of rotatable bonds is 1. The third-order valence-electron chi connectivity index (χ3n) is 5.23. The molecule has 2 aliphatic heterocycles. The van der Waals surface area contributed by atoms with Crippen LogP contribution >= 0.6 is 0 Å². The van der Waals surface area contributed by atoms with Crippen LogP contribution in [-0.4, -0.2) is 33.8 Å². The second-order valence-electron chi connectivity index (χ2n) is 8.05. The van der Waals surface area contributed by atoms with Crippen molar-refractivity contribution in [1.29, 1.82) is 0 Å². The van der Waals surface area contributed by atoms with E-state index in [0.29, 0.717) is 23.5 Å². The lowest BCUT2D eigenvalue weighted by Gasteiger charge is -2.28. The molecular weight excluding hydrogens is 318 g/mol. The summed E-state index contributed by atoms with van der Waals surface area (Å²) < 4.78 is 0. The van der Waals surface area contributed by atoms with Gasteiger partial charge in [0.1, 0.15) is 10.5 Å². The number of hydrogen-bond acceptors (Lipinski definition) is 2. The predicted octanol–water partition coefficient (Wildman–Crippen LogP) is 3.66. The van der Waals surface area contributed by atoms with Crippen molar-refractivity contribution >= 4 is 22.7 Å². The summed E-state index contributed by atoms with van der Waals surface area (Å²) in [6.45, 7) is 8.81. The molecule has 2 heterocycles.